The molecule has 0 saturated heterocycles. The van der Waals surface area contributed by atoms with E-state index in [1.54, 1.807) is 36.0 Å². The first kappa shape index (κ1) is 21.4. The maximum absolute atomic E-state index is 12.3. The summed E-state index contributed by atoms with van der Waals surface area (Å²) < 4.78 is 30.4. The maximum Gasteiger partial charge on any atom is 0.340 e. The van der Waals surface area contributed by atoms with Crippen molar-refractivity contribution in [2.24, 2.45) is 0 Å². The first-order valence-corrected chi connectivity index (χ1v) is 10.8. The minimum atomic E-state index is -3.73. The van der Waals surface area contributed by atoms with Crippen LogP contribution in [0.1, 0.15) is 20.7 Å². The second-order valence-corrected chi connectivity index (χ2v) is 9.10. The molecule has 0 saturated carbocycles. The number of hydrogen-bond donors (Lipinski definition) is 0. The van der Waals surface area contributed by atoms with Crippen molar-refractivity contribution < 1.29 is 22.7 Å². The lowest BCUT2D eigenvalue weighted by Gasteiger charge is -2.13. The zero-order valence-corrected chi connectivity index (χ0v) is 17.3. The van der Waals surface area contributed by atoms with Crippen LogP contribution in [0.4, 0.5) is 0 Å². The number of thioether (sulfide) groups is 1. The molecular weight excluding hydrogens is 410 g/mol. The van der Waals surface area contributed by atoms with Crippen LogP contribution in [0.3, 0.4) is 0 Å². The van der Waals surface area contributed by atoms with Crippen molar-refractivity contribution in [2.45, 2.75) is 9.79 Å². The number of halogens is 1. The molecule has 0 fully saturated rings. The second-order valence-electron chi connectivity index (χ2n) is 5.66. The van der Waals surface area contributed by atoms with E-state index >= 15 is 0 Å². The third-order valence-electron chi connectivity index (χ3n) is 3.68. The molecule has 2 aromatic carbocycles. The van der Waals surface area contributed by atoms with Crippen molar-refractivity contribution in [3.8, 4) is 0 Å². The Morgan fingerprint density at radius 1 is 1.11 bits per heavy atom. The molecule has 0 aliphatic heterocycles. The summed E-state index contributed by atoms with van der Waals surface area (Å²) in [5.74, 6) is -1.24. The third kappa shape index (κ3) is 5.10. The topological polar surface area (TPSA) is 80.8 Å². The summed E-state index contributed by atoms with van der Waals surface area (Å²) in [5, 5.41) is 0.0366. The number of carbonyl (C=O) groups excluding carboxylic acids is 2. The maximum atomic E-state index is 12.3. The van der Waals surface area contributed by atoms with Gasteiger partial charge in [-0.25, -0.2) is 17.5 Å². The highest BCUT2D eigenvalue weighted by molar-refractivity contribution is 7.98. The van der Waals surface area contributed by atoms with Crippen LogP contribution in [0.15, 0.2) is 52.3 Å². The van der Waals surface area contributed by atoms with E-state index < -0.39 is 22.6 Å². The number of esters is 1. The van der Waals surface area contributed by atoms with Gasteiger partial charge in [0.1, 0.15) is 0 Å². The van der Waals surface area contributed by atoms with E-state index in [0.717, 1.165) is 15.3 Å². The van der Waals surface area contributed by atoms with Crippen molar-refractivity contribution in [1.82, 2.24) is 4.31 Å². The van der Waals surface area contributed by atoms with Crippen molar-refractivity contribution in [2.75, 3.05) is 27.0 Å². The van der Waals surface area contributed by atoms with Gasteiger partial charge in [-0.15, -0.1) is 11.8 Å². The number of benzene rings is 2. The van der Waals surface area contributed by atoms with Gasteiger partial charge in [0.05, 0.1) is 15.5 Å². The highest BCUT2D eigenvalue weighted by Crippen LogP contribution is 2.23. The number of hydrogen-bond acceptors (Lipinski definition) is 6. The van der Waals surface area contributed by atoms with E-state index in [9.17, 15) is 18.0 Å². The highest BCUT2D eigenvalue weighted by Gasteiger charge is 2.22. The summed E-state index contributed by atoms with van der Waals surface area (Å²) in [6, 6.07) is 10.6. The fraction of sp³-hybridized carbons (Fsp3) is 0.222. The molecule has 2 rings (SSSR count). The van der Waals surface area contributed by atoms with Crippen molar-refractivity contribution in [1.29, 1.82) is 0 Å². The summed E-state index contributed by atoms with van der Waals surface area (Å²) in [7, 11) is -0.977. The number of ketones is 1. The van der Waals surface area contributed by atoms with Gasteiger partial charge in [-0.2, -0.15) is 0 Å². The molecule has 6 nitrogen and oxygen atoms in total. The van der Waals surface area contributed by atoms with Crippen LogP contribution >= 0.6 is 23.4 Å². The molecule has 0 radical (unpaired) electrons. The minimum absolute atomic E-state index is 0.0366. The number of sulfonamides is 1. The van der Waals surface area contributed by atoms with Gasteiger partial charge < -0.3 is 4.74 Å². The molecule has 0 N–H and O–H groups in total. The molecule has 27 heavy (non-hydrogen) atoms. The monoisotopic (exact) mass is 427 g/mol. The minimum Gasteiger partial charge on any atom is -0.454 e. The molecule has 0 spiro atoms. The molecule has 0 aliphatic rings. The molecule has 144 valence electrons. The Kier molecular flexibility index (Phi) is 7.05. The van der Waals surface area contributed by atoms with Gasteiger partial charge in [0.15, 0.2) is 12.4 Å². The van der Waals surface area contributed by atoms with Gasteiger partial charge >= 0.3 is 5.97 Å². The van der Waals surface area contributed by atoms with Gasteiger partial charge in [-0.1, -0.05) is 23.7 Å². The number of carbonyl (C=O) groups is 2. The summed E-state index contributed by atoms with van der Waals surface area (Å²) in [6.07, 6.45) is 1.92. The molecule has 2 aromatic rings. The van der Waals surface area contributed by atoms with E-state index in [1.165, 1.54) is 26.2 Å². The molecule has 9 heteroatoms. The number of nitrogens with zero attached hydrogens (tertiary/aromatic N) is 1. The van der Waals surface area contributed by atoms with Gasteiger partial charge in [0.2, 0.25) is 10.0 Å². The first-order chi connectivity index (χ1) is 12.7. The number of ether oxygens (including phenoxy) is 1. The van der Waals surface area contributed by atoms with Crippen molar-refractivity contribution in [3.63, 3.8) is 0 Å². The van der Waals surface area contributed by atoms with Crippen LogP contribution in [0.2, 0.25) is 5.02 Å². The molecular formula is C18H18ClNO5S2. The molecule has 0 bridgehead atoms. The Labute approximate surface area is 167 Å². The summed E-state index contributed by atoms with van der Waals surface area (Å²) >= 11 is 7.54. The Morgan fingerprint density at radius 2 is 1.74 bits per heavy atom. The third-order valence-corrected chi connectivity index (χ3v) is 6.57. The zero-order valence-electron chi connectivity index (χ0n) is 14.9. The van der Waals surface area contributed by atoms with Gasteiger partial charge in [0, 0.05) is 24.6 Å². The predicted molar refractivity (Wildman–Crippen MR) is 105 cm³/mol. The van der Waals surface area contributed by atoms with Gasteiger partial charge in [0.25, 0.3) is 0 Å². The predicted octanol–water partition coefficient (Wildman–Crippen LogP) is 3.35. The van der Waals surface area contributed by atoms with Gasteiger partial charge in [-0.3, -0.25) is 4.79 Å². The molecule has 0 unspecified atom stereocenters. The lowest BCUT2D eigenvalue weighted by atomic mass is 10.1. The fourth-order valence-corrected chi connectivity index (χ4v) is 3.63. The van der Waals surface area contributed by atoms with Crippen LogP contribution in [0.5, 0.6) is 0 Å². The fourth-order valence-electron chi connectivity index (χ4n) is 2.10. The van der Waals surface area contributed by atoms with E-state index in [4.69, 9.17) is 16.3 Å². The average Bonchev–Trinajstić information content (AvgIpc) is 2.65. The second kappa shape index (κ2) is 8.88. The smallest absolute Gasteiger partial charge is 0.340 e. The Bertz CT molecular complexity index is 956. The van der Waals surface area contributed by atoms with E-state index in [2.05, 4.69) is 0 Å². The molecule has 0 heterocycles. The van der Waals surface area contributed by atoms with E-state index in [0.29, 0.717) is 5.56 Å². The quantitative estimate of drug-likeness (QED) is 0.383. The van der Waals surface area contributed by atoms with Crippen molar-refractivity contribution >= 4 is 45.1 Å². The van der Waals surface area contributed by atoms with Crippen LogP contribution in [-0.2, 0) is 14.8 Å². The largest absolute Gasteiger partial charge is 0.454 e. The highest BCUT2D eigenvalue weighted by atomic mass is 35.5. The molecule has 0 aliphatic carbocycles. The van der Waals surface area contributed by atoms with E-state index in [-0.39, 0.29) is 21.3 Å². The molecule has 0 amide bonds. The molecule has 0 aromatic heterocycles. The van der Waals surface area contributed by atoms with Crippen LogP contribution in [0, 0.1) is 0 Å². The molecule has 0 atom stereocenters. The number of Topliss-reactive ketones (excluding diaryl/α,β-unsaturated/α-hetero) is 1. The normalized spacial score (nSPS) is 11.4. The number of rotatable bonds is 7. The lowest BCUT2D eigenvalue weighted by Crippen LogP contribution is -2.22. The standard InChI is InChI=1S/C18H18ClNO5S2/c1-20(2)27(23,24)14-8-9-16(19)15(10-14)18(22)25-11-17(21)12-4-6-13(26-3)7-5-12/h4-10H,11H2,1-3H3. The van der Waals surface area contributed by atoms with Crippen LogP contribution in [0.25, 0.3) is 0 Å². The Hall–Kier alpha value is -1.87. The summed E-state index contributed by atoms with van der Waals surface area (Å²) in [4.78, 5) is 25.4. The van der Waals surface area contributed by atoms with Gasteiger partial charge in [-0.05, 0) is 36.6 Å². The SMILES string of the molecule is CSc1ccc(C(=O)COC(=O)c2cc(S(=O)(=O)N(C)C)ccc2Cl)cc1. The van der Waals surface area contributed by atoms with Crippen molar-refractivity contribution in [3.05, 3.63) is 58.6 Å². The lowest BCUT2D eigenvalue weighted by molar-refractivity contribution is 0.0474. The van der Waals surface area contributed by atoms with E-state index in [1.807, 2.05) is 6.26 Å². The summed E-state index contributed by atoms with van der Waals surface area (Å²) in [6.45, 7) is -0.474. The Morgan fingerprint density at radius 3 is 2.30 bits per heavy atom. The van der Waals surface area contributed by atoms with Crippen LogP contribution < -0.4 is 0 Å². The average molecular weight is 428 g/mol. The summed E-state index contributed by atoms with van der Waals surface area (Å²) in [5.41, 5.74) is 0.292. The zero-order chi connectivity index (χ0) is 20.2. The van der Waals surface area contributed by atoms with Crippen LogP contribution in [-0.4, -0.2) is 51.4 Å². The first-order valence-electron chi connectivity index (χ1n) is 7.73. The Balaban J connectivity index is 2.14.